The van der Waals surface area contributed by atoms with E-state index < -0.39 is 0 Å². The lowest BCUT2D eigenvalue weighted by Gasteiger charge is -2.27. The fourth-order valence-corrected chi connectivity index (χ4v) is 5.21. The number of H-pyrrole nitrogens is 1. The number of amides is 1. The molecule has 1 amide bonds. The number of ether oxygens (including phenoxy) is 2. The van der Waals surface area contributed by atoms with Gasteiger partial charge in [-0.3, -0.25) is 4.79 Å². The number of nitrogens with one attached hydrogen (secondary N) is 1. The predicted molar refractivity (Wildman–Crippen MR) is 141 cm³/mol. The number of aromatic nitrogens is 1. The van der Waals surface area contributed by atoms with Crippen LogP contribution in [0.5, 0.6) is 11.5 Å². The summed E-state index contributed by atoms with van der Waals surface area (Å²) in [6.45, 7) is 0.490. The Bertz CT molecular complexity index is 1550. The van der Waals surface area contributed by atoms with Gasteiger partial charge in [0.15, 0.2) is 0 Å². The van der Waals surface area contributed by atoms with Gasteiger partial charge in [0.1, 0.15) is 11.5 Å². The third kappa shape index (κ3) is 3.60. The van der Waals surface area contributed by atoms with Gasteiger partial charge in [-0.2, -0.15) is 0 Å². The highest BCUT2D eigenvalue weighted by Gasteiger charge is 2.40. The lowest BCUT2D eigenvalue weighted by Crippen LogP contribution is -2.28. The summed E-state index contributed by atoms with van der Waals surface area (Å²) in [7, 11) is 3.32. The second-order valence-corrected chi connectivity index (χ2v) is 8.96. The maximum absolute atomic E-state index is 13.8. The highest BCUT2D eigenvalue weighted by atomic mass is 16.5. The molecule has 5 nitrogen and oxygen atoms in total. The van der Waals surface area contributed by atoms with E-state index in [9.17, 15) is 4.79 Å². The summed E-state index contributed by atoms with van der Waals surface area (Å²) in [5.41, 5.74) is 7.02. The molecule has 6 rings (SSSR count). The molecule has 178 valence electrons. The molecule has 0 saturated heterocycles. The summed E-state index contributed by atoms with van der Waals surface area (Å²) in [5.74, 6) is 1.64. The second-order valence-electron chi connectivity index (χ2n) is 8.96. The van der Waals surface area contributed by atoms with E-state index in [1.54, 1.807) is 14.2 Å². The van der Waals surface area contributed by atoms with Gasteiger partial charge in [-0.05, 0) is 65.2 Å². The van der Waals surface area contributed by atoms with Crippen LogP contribution in [0, 0.1) is 0 Å². The number of carbonyl (C=O) groups excluding carboxylic acids is 1. The fraction of sp³-hybridized carbons (Fsp3) is 0.129. The van der Waals surface area contributed by atoms with Crippen molar-refractivity contribution >= 4 is 16.8 Å². The molecule has 0 bridgehead atoms. The molecule has 4 aromatic carbocycles. The van der Waals surface area contributed by atoms with Crippen molar-refractivity contribution in [2.45, 2.75) is 12.6 Å². The minimum Gasteiger partial charge on any atom is -0.497 e. The van der Waals surface area contributed by atoms with Crippen molar-refractivity contribution in [3.05, 3.63) is 119 Å². The number of hydrogen-bond acceptors (Lipinski definition) is 3. The summed E-state index contributed by atoms with van der Waals surface area (Å²) < 4.78 is 10.7. The Kier molecular flexibility index (Phi) is 5.45. The number of nitrogens with zero attached hydrogens (tertiary/aromatic N) is 1. The molecule has 0 spiro atoms. The number of methoxy groups -OCH3 is 2. The Morgan fingerprint density at radius 3 is 2.14 bits per heavy atom. The molecule has 0 fully saturated rings. The predicted octanol–water partition coefficient (Wildman–Crippen LogP) is 6.60. The maximum atomic E-state index is 13.8. The zero-order valence-corrected chi connectivity index (χ0v) is 20.2. The molecular weight excluding hydrogens is 448 g/mol. The first kappa shape index (κ1) is 22.0. The molecule has 5 aromatic rings. The van der Waals surface area contributed by atoms with E-state index in [2.05, 4.69) is 35.3 Å². The lowest BCUT2D eigenvalue weighted by molar-refractivity contribution is 0.0737. The molecular formula is C31H26N2O3. The van der Waals surface area contributed by atoms with E-state index >= 15 is 0 Å². The number of aromatic amines is 1. The van der Waals surface area contributed by atoms with Gasteiger partial charge in [0, 0.05) is 28.6 Å². The Morgan fingerprint density at radius 1 is 0.778 bits per heavy atom. The molecule has 1 aromatic heterocycles. The average molecular weight is 475 g/mol. The van der Waals surface area contributed by atoms with Crippen molar-refractivity contribution in [1.29, 1.82) is 0 Å². The molecule has 1 aliphatic rings. The zero-order chi connectivity index (χ0) is 24.6. The Morgan fingerprint density at radius 2 is 1.42 bits per heavy atom. The van der Waals surface area contributed by atoms with Gasteiger partial charge in [-0.1, -0.05) is 48.5 Å². The number of hydrogen-bond donors (Lipinski definition) is 1. The van der Waals surface area contributed by atoms with E-state index in [-0.39, 0.29) is 11.9 Å². The van der Waals surface area contributed by atoms with Crippen LogP contribution in [0.25, 0.3) is 22.2 Å². The smallest absolute Gasteiger partial charge is 0.255 e. The Hall–Kier alpha value is -4.51. The van der Waals surface area contributed by atoms with E-state index in [4.69, 9.17) is 9.47 Å². The highest BCUT2D eigenvalue weighted by molar-refractivity contribution is 6.02. The Labute approximate surface area is 209 Å². The van der Waals surface area contributed by atoms with Crippen LogP contribution >= 0.6 is 0 Å². The average Bonchev–Trinajstić information content (AvgIpc) is 3.44. The highest BCUT2D eigenvalue weighted by Crippen LogP contribution is 2.46. The van der Waals surface area contributed by atoms with Crippen molar-refractivity contribution in [2.24, 2.45) is 0 Å². The third-order valence-electron chi connectivity index (χ3n) is 6.97. The summed E-state index contributed by atoms with van der Waals surface area (Å²) in [6.07, 6.45) is 0. The molecule has 1 atom stereocenters. The standard InChI is InChI=1S/C31H26N2O3/c1-35-22-15-11-20(12-16-22)19-33-30(24-7-3-4-8-25(24)31(33)34)28-26-9-5-6-10-27(26)32-29(28)21-13-17-23(36-2)18-14-21/h3-18,30,32H,19H2,1-2H3. The SMILES string of the molecule is COc1ccc(CN2C(=O)c3ccccc3C2c2c(-c3ccc(OC)cc3)[nH]c3ccccc23)cc1. The van der Waals surface area contributed by atoms with Crippen molar-refractivity contribution in [3.63, 3.8) is 0 Å². The van der Waals surface area contributed by atoms with E-state index in [0.29, 0.717) is 6.54 Å². The fourth-order valence-electron chi connectivity index (χ4n) is 5.21. The van der Waals surface area contributed by atoms with Gasteiger partial charge in [0.25, 0.3) is 5.91 Å². The second kappa shape index (κ2) is 8.93. The van der Waals surface area contributed by atoms with Gasteiger partial charge in [-0.15, -0.1) is 0 Å². The molecule has 5 heteroatoms. The lowest BCUT2D eigenvalue weighted by atomic mass is 9.93. The van der Waals surface area contributed by atoms with Gasteiger partial charge in [0.05, 0.1) is 26.0 Å². The van der Waals surface area contributed by atoms with Gasteiger partial charge in [-0.25, -0.2) is 0 Å². The van der Waals surface area contributed by atoms with Crippen LogP contribution in [0.1, 0.15) is 33.1 Å². The first-order chi connectivity index (χ1) is 17.7. The summed E-state index contributed by atoms with van der Waals surface area (Å²) in [5, 5.41) is 1.11. The summed E-state index contributed by atoms with van der Waals surface area (Å²) in [6, 6.07) is 32.0. The minimum absolute atomic E-state index is 0.0392. The first-order valence-corrected chi connectivity index (χ1v) is 12.0. The maximum Gasteiger partial charge on any atom is 0.255 e. The van der Waals surface area contributed by atoms with Gasteiger partial charge < -0.3 is 19.4 Å². The van der Waals surface area contributed by atoms with E-state index in [1.165, 1.54) is 0 Å². The molecule has 1 unspecified atom stereocenters. The summed E-state index contributed by atoms with van der Waals surface area (Å²) >= 11 is 0. The van der Waals surface area contributed by atoms with Crippen LogP contribution in [0.15, 0.2) is 97.1 Å². The van der Waals surface area contributed by atoms with Gasteiger partial charge in [0.2, 0.25) is 0 Å². The Balaban J connectivity index is 1.54. The van der Waals surface area contributed by atoms with Crippen LogP contribution in [0.3, 0.4) is 0 Å². The molecule has 2 heterocycles. The van der Waals surface area contributed by atoms with Crippen LogP contribution in [-0.4, -0.2) is 30.0 Å². The molecule has 1 N–H and O–H groups in total. The minimum atomic E-state index is -0.232. The van der Waals surface area contributed by atoms with Crippen molar-refractivity contribution < 1.29 is 14.3 Å². The molecule has 36 heavy (non-hydrogen) atoms. The van der Waals surface area contributed by atoms with Crippen molar-refractivity contribution in [3.8, 4) is 22.8 Å². The van der Waals surface area contributed by atoms with E-state index in [0.717, 1.165) is 55.9 Å². The number of fused-ring (bicyclic) bond motifs is 2. The van der Waals surface area contributed by atoms with E-state index in [1.807, 2.05) is 71.6 Å². The quantitative estimate of drug-likeness (QED) is 0.302. The normalized spacial score (nSPS) is 14.8. The van der Waals surface area contributed by atoms with Crippen LogP contribution in [-0.2, 0) is 6.54 Å². The van der Waals surface area contributed by atoms with Gasteiger partial charge >= 0.3 is 0 Å². The zero-order valence-electron chi connectivity index (χ0n) is 20.2. The molecule has 1 aliphatic heterocycles. The third-order valence-corrected chi connectivity index (χ3v) is 6.97. The van der Waals surface area contributed by atoms with Crippen LogP contribution < -0.4 is 9.47 Å². The van der Waals surface area contributed by atoms with Crippen LogP contribution in [0.4, 0.5) is 0 Å². The monoisotopic (exact) mass is 474 g/mol. The topological polar surface area (TPSA) is 54.6 Å². The molecule has 0 saturated carbocycles. The number of para-hydroxylation sites is 1. The number of rotatable bonds is 6. The molecule has 0 radical (unpaired) electrons. The summed E-state index contributed by atoms with van der Waals surface area (Å²) in [4.78, 5) is 19.4. The number of benzene rings is 4. The molecule has 0 aliphatic carbocycles. The largest absolute Gasteiger partial charge is 0.497 e. The number of carbonyl (C=O) groups is 1. The van der Waals surface area contributed by atoms with Crippen LogP contribution in [0.2, 0.25) is 0 Å². The first-order valence-electron chi connectivity index (χ1n) is 12.0. The van der Waals surface area contributed by atoms with Crippen molar-refractivity contribution in [2.75, 3.05) is 14.2 Å². The van der Waals surface area contributed by atoms with Crippen molar-refractivity contribution in [1.82, 2.24) is 9.88 Å².